The zero-order chi connectivity index (χ0) is 13.2. The van der Waals surface area contributed by atoms with E-state index in [9.17, 15) is 8.78 Å². The van der Waals surface area contributed by atoms with Crippen LogP contribution in [0.25, 0.3) is 0 Å². The quantitative estimate of drug-likeness (QED) is 0.646. The van der Waals surface area contributed by atoms with E-state index in [2.05, 4.69) is 27.7 Å². The van der Waals surface area contributed by atoms with Crippen molar-refractivity contribution in [1.29, 1.82) is 0 Å². The van der Waals surface area contributed by atoms with Gasteiger partial charge in [-0.1, -0.05) is 27.7 Å². The Hall–Kier alpha value is -0.630. The average molecular weight is 261 g/mol. The lowest BCUT2D eigenvalue weighted by atomic mass is 9.79. The molecule has 0 saturated heterocycles. The Kier molecular flexibility index (Phi) is 4.54. The van der Waals surface area contributed by atoms with Crippen LogP contribution in [0.1, 0.15) is 45.1 Å². The Bertz CT molecular complexity index is 382. The lowest BCUT2D eigenvalue weighted by Crippen LogP contribution is -2.18. The van der Waals surface area contributed by atoms with Crippen LogP contribution in [0.4, 0.5) is 8.78 Å². The molecular formula is C14H19ClF2. The van der Waals surface area contributed by atoms with Crippen LogP contribution in [0.2, 0.25) is 0 Å². The van der Waals surface area contributed by atoms with Crippen molar-refractivity contribution in [2.24, 2.45) is 11.3 Å². The summed E-state index contributed by atoms with van der Waals surface area (Å²) in [7, 11) is 0. The molecule has 0 aliphatic rings. The third-order valence-electron chi connectivity index (χ3n) is 3.33. The first-order valence-corrected chi connectivity index (χ1v) is 6.24. The Morgan fingerprint density at radius 1 is 1.24 bits per heavy atom. The van der Waals surface area contributed by atoms with Crippen LogP contribution in [0.15, 0.2) is 18.2 Å². The summed E-state index contributed by atoms with van der Waals surface area (Å²) in [4.78, 5) is 0. The van der Waals surface area contributed by atoms with E-state index in [1.54, 1.807) is 0 Å². The second kappa shape index (κ2) is 5.34. The van der Waals surface area contributed by atoms with Crippen molar-refractivity contribution in [2.45, 2.75) is 39.5 Å². The number of halogens is 3. The van der Waals surface area contributed by atoms with E-state index in [0.717, 1.165) is 12.1 Å². The fraction of sp³-hybridized carbons (Fsp3) is 0.571. The zero-order valence-electron chi connectivity index (χ0n) is 10.7. The van der Waals surface area contributed by atoms with Gasteiger partial charge in [-0.25, -0.2) is 8.78 Å². The molecule has 0 radical (unpaired) electrons. The van der Waals surface area contributed by atoms with Crippen LogP contribution in [0.3, 0.4) is 0 Å². The summed E-state index contributed by atoms with van der Waals surface area (Å²) in [5.41, 5.74) is 0.361. The summed E-state index contributed by atoms with van der Waals surface area (Å²) in [5, 5.41) is -0.486. The van der Waals surface area contributed by atoms with E-state index in [0.29, 0.717) is 12.3 Å². The number of benzene rings is 1. The SMILES string of the molecule is CC(CC(Cl)c1cc(F)ccc1F)C(C)(C)C. The lowest BCUT2D eigenvalue weighted by Gasteiger charge is -2.29. The summed E-state index contributed by atoms with van der Waals surface area (Å²) >= 11 is 6.18. The second-order valence-electron chi connectivity index (χ2n) is 5.64. The molecule has 96 valence electrons. The lowest BCUT2D eigenvalue weighted by molar-refractivity contribution is 0.244. The molecule has 0 bridgehead atoms. The fourth-order valence-corrected chi connectivity index (χ4v) is 1.98. The Balaban J connectivity index is 2.83. The Morgan fingerprint density at radius 3 is 2.35 bits per heavy atom. The Labute approximate surface area is 107 Å². The van der Waals surface area contributed by atoms with Crippen molar-refractivity contribution < 1.29 is 8.78 Å². The van der Waals surface area contributed by atoms with Crippen molar-refractivity contribution in [1.82, 2.24) is 0 Å². The van der Waals surface area contributed by atoms with E-state index in [4.69, 9.17) is 11.6 Å². The second-order valence-corrected chi connectivity index (χ2v) is 6.16. The average Bonchev–Trinajstić information content (AvgIpc) is 2.20. The minimum atomic E-state index is -0.486. The normalized spacial score (nSPS) is 15.7. The third kappa shape index (κ3) is 3.95. The molecule has 1 aromatic carbocycles. The standard InChI is InChI=1S/C14H19ClF2/c1-9(14(2,3)4)7-12(15)11-8-10(16)5-6-13(11)17/h5-6,8-9,12H,7H2,1-4H3. The predicted octanol–water partition coefficient (Wildman–Crippen LogP) is 5.32. The molecule has 3 heteroatoms. The molecular weight excluding hydrogens is 242 g/mol. The van der Waals surface area contributed by atoms with Crippen molar-refractivity contribution in [3.63, 3.8) is 0 Å². The van der Waals surface area contributed by atoms with Gasteiger partial charge in [0, 0.05) is 5.56 Å². The highest BCUT2D eigenvalue weighted by Crippen LogP contribution is 2.37. The maximum atomic E-state index is 13.5. The summed E-state index contributed by atoms with van der Waals surface area (Å²) in [6.45, 7) is 8.42. The highest BCUT2D eigenvalue weighted by molar-refractivity contribution is 6.20. The molecule has 1 aromatic rings. The van der Waals surface area contributed by atoms with Crippen LogP contribution < -0.4 is 0 Å². The molecule has 2 unspecified atom stereocenters. The number of hydrogen-bond donors (Lipinski definition) is 0. The molecule has 0 spiro atoms. The van der Waals surface area contributed by atoms with Crippen molar-refractivity contribution in [3.8, 4) is 0 Å². The van der Waals surface area contributed by atoms with Crippen molar-refractivity contribution in [3.05, 3.63) is 35.4 Å². The Morgan fingerprint density at radius 2 is 1.82 bits per heavy atom. The van der Waals surface area contributed by atoms with Gasteiger partial charge in [-0.05, 0) is 36.0 Å². The molecule has 0 N–H and O–H groups in total. The predicted molar refractivity (Wildman–Crippen MR) is 68.2 cm³/mol. The fourth-order valence-electron chi connectivity index (χ4n) is 1.55. The molecule has 0 aromatic heterocycles. The van der Waals surface area contributed by atoms with E-state index in [1.807, 2.05) is 0 Å². The first-order chi connectivity index (χ1) is 7.71. The minimum Gasteiger partial charge on any atom is -0.207 e. The van der Waals surface area contributed by atoms with Crippen LogP contribution in [0, 0.1) is 23.0 Å². The van der Waals surface area contributed by atoms with Gasteiger partial charge in [-0.15, -0.1) is 11.6 Å². The summed E-state index contributed by atoms with van der Waals surface area (Å²) in [6.07, 6.45) is 0.630. The number of hydrogen-bond acceptors (Lipinski definition) is 0. The van der Waals surface area contributed by atoms with Gasteiger partial charge in [0.15, 0.2) is 0 Å². The van der Waals surface area contributed by atoms with E-state index >= 15 is 0 Å². The molecule has 0 heterocycles. The molecule has 17 heavy (non-hydrogen) atoms. The van der Waals surface area contributed by atoms with Gasteiger partial charge in [0.1, 0.15) is 11.6 Å². The zero-order valence-corrected chi connectivity index (χ0v) is 11.5. The topological polar surface area (TPSA) is 0 Å². The van der Waals surface area contributed by atoms with Crippen LogP contribution in [0.5, 0.6) is 0 Å². The van der Waals surface area contributed by atoms with E-state index in [-0.39, 0.29) is 11.0 Å². The summed E-state index contributed by atoms with van der Waals surface area (Å²) in [6, 6.07) is 3.42. The maximum absolute atomic E-state index is 13.5. The minimum absolute atomic E-state index is 0.108. The maximum Gasteiger partial charge on any atom is 0.128 e. The van der Waals surface area contributed by atoms with Crippen LogP contribution >= 0.6 is 11.6 Å². The molecule has 0 saturated carbocycles. The molecule has 0 amide bonds. The summed E-state index contributed by atoms with van der Waals surface area (Å²) in [5.74, 6) is -0.560. The molecule has 1 rings (SSSR count). The highest BCUT2D eigenvalue weighted by Gasteiger charge is 2.24. The van der Waals surface area contributed by atoms with E-state index < -0.39 is 17.0 Å². The van der Waals surface area contributed by atoms with Gasteiger partial charge in [-0.2, -0.15) is 0 Å². The van der Waals surface area contributed by atoms with Gasteiger partial charge in [0.2, 0.25) is 0 Å². The molecule has 0 fully saturated rings. The van der Waals surface area contributed by atoms with Gasteiger partial charge >= 0.3 is 0 Å². The van der Waals surface area contributed by atoms with Crippen LogP contribution in [-0.4, -0.2) is 0 Å². The third-order valence-corrected chi connectivity index (χ3v) is 3.75. The molecule has 2 atom stereocenters. The number of rotatable bonds is 3. The molecule has 0 aliphatic heterocycles. The van der Waals surface area contributed by atoms with Crippen molar-refractivity contribution in [2.75, 3.05) is 0 Å². The van der Waals surface area contributed by atoms with Gasteiger partial charge in [-0.3, -0.25) is 0 Å². The summed E-state index contributed by atoms with van der Waals surface area (Å²) < 4.78 is 26.6. The van der Waals surface area contributed by atoms with Gasteiger partial charge in [0.25, 0.3) is 0 Å². The monoisotopic (exact) mass is 260 g/mol. The highest BCUT2D eigenvalue weighted by atomic mass is 35.5. The van der Waals surface area contributed by atoms with E-state index in [1.165, 1.54) is 6.07 Å². The van der Waals surface area contributed by atoms with Crippen LogP contribution in [-0.2, 0) is 0 Å². The largest absolute Gasteiger partial charge is 0.207 e. The first-order valence-electron chi connectivity index (χ1n) is 5.81. The van der Waals surface area contributed by atoms with Gasteiger partial charge in [0.05, 0.1) is 5.38 Å². The number of alkyl halides is 1. The smallest absolute Gasteiger partial charge is 0.128 e. The van der Waals surface area contributed by atoms with Gasteiger partial charge < -0.3 is 0 Å². The van der Waals surface area contributed by atoms with Crippen molar-refractivity contribution >= 4 is 11.6 Å². The molecule has 0 nitrogen and oxygen atoms in total. The molecule has 0 aliphatic carbocycles. The first kappa shape index (κ1) is 14.4.